The second-order valence-corrected chi connectivity index (χ2v) is 5.13. The van der Waals surface area contributed by atoms with Gasteiger partial charge in [-0.05, 0) is 5.56 Å². The molecule has 3 nitrogen and oxygen atoms in total. The topological polar surface area (TPSA) is 32.7 Å². The quantitative estimate of drug-likeness (QED) is 0.849. The van der Waals surface area contributed by atoms with Crippen LogP contribution in [0.1, 0.15) is 17.5 Å². The Labute approximate surface area is 130 Å². The molecule has 2 aromatic rings. The van der Waals surface area contributed by atoms with Crippen LogP contribution in [0, 0.1) is 0 Å². The lowest BCUT2D eigenvalue weighted by Gasteiger charge is -2.17. The van der Waals surface area contributed by atoms with Crippen molar-refractivity contribution in [2.45, 2.75) is 6.42 Å². The lowest BCUT2D eigenvalue weighted by atomic mass is 10.1. The number of aliphatic imine (C=N–C) groups is 1. The third-order valence-electron chi connectivity index (χ3n) is 3.58. The summed E-state index contributed by atoms with van der Waals surface area (Å²) in [4.78, 5) is 18.7. The second kappa shape index (κ2) is 6.85. The highest BCUT2D eigenvalue weighted by atomic mass is 16.2. The summed E-state index contributed by atoms with van der Waals surface area (Å²) in [6.45, 7) is 1.35. The molecule has 1 heterocycles. The monoisotopic (exact) mass is 290 g/mol. The fourth-order valence-corrected chi connectivity index (χ4v) is 2.49. The number of carbonyl (C=O) groups is 1. The minimum absolute atomic E-state index is 0.0901. The molecule has 1 aliphatic heterocycles. The van der Waals surface area contributed by atoms with Gasteiger partial charge in [-0.3, -0.25) is 14.7 Å². The number of rotatable bonds is 4. The Kier molecular flexibility index (Phi) is 4.44. The van der Waals surface area contributed by atoms with Crippen LogP contribution in [0.3, 0.4) is 0 Å². The molecule has 0 fully saturated rings. The van der Waals surface area contributed by atoms with Crippen molar-refractivity contribution >= 4 is 17.8 Å². The van der Waals surface area contributed by atoms with E-state index in [1.165, 1.54) is 0 Å². The highest BCUT2D eigenvalue weighted by molar-refractivity contribution is 6.09. The number of carbonyl (C=O) groups excluding carboxylic acids is 1. The van der Waals surface area contributed by atoms with Crippen molar-refractivity contribution in [3.63, 3.8) is 0 Å². The molecule has 0 N–H and O–H groups in total. The predicted octanol–water partition coefficient (Wildman–Crippen LogP) is 3.38. The van der Waals surface area contributed by atoms with Gasteiger partial charge < -0.3 is 0 Å². The lowest BCUT2D eigenvalue weighted by molar-refractivity contribution is -0.126. The first-order valence-electron chi connectivity index (χ1n) is 7.46. The van der Waals surface area contributed by atoms with E-state index in [0.29, 0.717) is 19.5 Å². The highest BCUT2D eigenvalue weighted by Crippen LogP contribution is 2.13. The van der Waals surface area contributed by atoms with Crippen LogP contribution in [0.5, 0.6) is 0 Å². The lowest BCUT2D eigenvalue weighted by Crippen LogP contribution is -2.34. The van der Waals surface area contributed by atoms with Gasteiger partial charge in [0.05, 0.1) is 6.54 Å². The van der Waals surface area contributed by atoms with Crippen LogP contribution in [-0.4, -0.2) is 29.7 Å². The summed E-state index contributed by atoms with van der Waals surface area (Å²) >= 11 is 0. The summed E-state index contributed by atoms with van der Waals surface area (Å²) < 4.78 is 0. The number of nitrogens with zero attached hydrogens (tertiary/aromatic N) is 2. The predicted molar refractivity (Wildman–Crippen MR) is 89.7 cm³/mol. The van der Waals surface area contributed by atoms with Crippen molar-refractivity contribution in [3.05, 3.63) is 77.9 Å². The fraction of sp³-hybridized carbons (Fsp3) is 0.158. The molecule has 110 valence electrons. The standard InChI is InChI=1S/C19H18N2O/c22-18(13-7-10-16-8-3-1-4-9-16)21-15-14-20-19(21)17-11-5-2-6-12-17/h1-12H,13-15H2/b10-7+. The van der Waals surface area contributed by atoms with Crippen molar-refractivity contribution < 1.29 is 4.79 Å². The molecule has 3 heteroatoms. The summed E-state index contributed by atoms with van der Waals surface area (Å²) in [5, 5.41) is 0. The van der Waals surface area contributed by atoms with Gasteiger partial charge in [-0.1, -0.05) is 72.8 Å². The van der Waals surface area contributed by atoms with E-state index in [0.717, 1.165) is 17.0 Å². The molecule has 3 rings (SSSR count). The van der Waals surface area contributed by atoms with Gasteiger partial charge in [0.2, 0.25) is 5.91 Å². The van der Waals surface area contributed by atoms with Crippen LogP contribution in [-0.2, 0) is 4.79 Å². The Morgan fingerprint density at radius 3 is 2.45 bits per heavy atom. The van der Waals surface area contributed by atoms with E-state index in [1.54, 1.807) is 4.90 Å². The Bertz CT molecular complexity index is 690. The molecule has 0 atom stereocenters. The van der Waals surface area contributed by atoms with Crippen LogP contribution in [0.4, 0.5) is 0 Å². The van der Waals surface area contributed by atoms with E-state index in [2.05, 4.69) is 4.99 Å². The van der Waals surface area contributed by atoms with Crippen molar-refractivity contribution in [2.24, 2.45) is 4.99 Å². The first-order valence-corrected chi connectivity index (χ1v) is 7.46. The summed E-state index contributed by atoms with van der Waals surface area (Å²) in [6, 6.07) is 19.9. The van der Waals surface area contributed by atoms with E-state index in [4.69, 9.17) is 0 Å². The van der Waals surface area contributed by atoms with Crippen molar-refractivity contribution in [3.8, 4) is 0 Å². The Hall–Kier alpha value is -2.68. The molecule has 0 saturated heterocycles. The Morgan fingerprint density at radius 2 is 1.73 bits per heavy atom. The first kappa shape index (κ1) is 14.3. The van der Waals surface area contributed by atoms with Crippen LogP contribution < -0.4 is 0 Å². The van der Waals surface area contributed by atoms with Crippen molar-refractivity contribution in [1.82, 2.24) is 4.90 Å². The molecule has 0 bridgehead atoms. The van der Waals surface area contributed by atoms with E-state index in [1.807, 2.05) is 72.8 Å². The van der Waals surface area contributed by atoms with E-state index in [9.17, 15) is 4.79 Å². The molecule has 1 amide bonds. The van der Waals surface area contributed by atoms with Crippen LogP contribution in [0.15, 0.2) is 71.7 Å². The molecule has 0 spiro atoms. The SMILES string of the molecule is O=C(C/C=C/c1ccccc1)N1CCN=C1c1ccccc1. The molecule has 0 radical (unpaired) electrons. The van der Waals surface area contributed by atoms with Crippen LogP contribution in [0.2, 0.25) is 0 Å². The maximum absolute atomic E-state index is 12.4. The molecular formula is C19H18N2O. The number of benzene rings is 2. The second-order valence-electron chi connectivity index (χ2n) is 5.13. The number of amides is 1. The van der Waals surface area contributed by atoms with E-state index < -0.39 is 0 Å². The van der Waals surface area contributed by atoms with Crippen LogP contribution >= 0.6 is 0 Å². The molecular weight excluding hydrogens is 272 g/mol. The van der Waals surface area contributed by atoms with Gasteiger partial charge in [0.1, 0.15) is 5.84 Å². The van der Waals surface area contributed by atoms with Gasteiger partial charge in [0.25, 0.3) is 0 Å². The fourth-order valence-electron chi connectivity index (χ4n) is 2.49. The number of amidine groups is 1. The molecule has 0 unspecified atom stereocenters. The molecule has 0 aromatic heterocycles. The largest absolute Gasteiger partial charge is 0.294 e. The Balaban J connectivity index is 1.65. The van der Waals surface area contributed by atoms with Gasteiger partial charge in [-0.2, -0.15) is 0 Å². The highest BCUT2D eigenvalue weighted by Gasteiger charge is 2.23. The number of hydrogen-bond acceptors (Lipinski definition) is 2. The zero-order chi connectivity index (χ0) is 15.2. The van der Waals surface area contributed by atoms with E-state index in [-0.39, 0.29) is 5.91 Å². The zero-order valence-corrected chi connectivity index (χ0v) is 12.4. The summed E-state index contributed by atoms with van der Waals surface area (Å²) in [5.74, 6) is 0.881. The molecule has 1 aliphatic rings. The molecule has 2 aromatic carbocycles. The van der Waals surface area contributed by atoms with Crippen molar-refractivity contribution in [1.29, 1.82) is 0 Å². The summed E-state index contributed by atoms with van der Waals surface area (Å²) in [6.07, 6.45) is 4.28. The van der Waals surface area contributed by atoms with Crippen molar-refractivity contribution in [2.75, 3.05) is 13.1 Å². The zero-order valence-electron chi connectivity index (χ0n) is 12.4. The number of hydrogen-bond donors (Lipinski definition) is 0. The maximum atomic E-state index is 12.4. The first-order chi connectivity index (χ1) is 10.8. The molecule has 22 heavy (non-hydrogen) atoms. The third-order valence-corrected chi connectivity index (χ3v) is 3.58. The summed E-state index contributed by atoms with van der Waals surface area (Å²) in [7, 11) is 0. The average molecular weight is 290 g/mol. The van der Waals surface area contributed by atoms with Gasteiger partial charge in [-0.15, -0.1) is 0 Å². The van der Waals surface area contributed by atoms with Gasteiger partial charge in [0.15, 0.2) is 0 Å². The minimum atomic E-state index is 0.0901. The van der Waals surface area contributed by atoms with Gasteiger partial charge in [0, 0.05) is 18.5 Å². The smallest absolute Gasteiger partial charge is 0.232 e. The third kappa shape index (κ3) is 3.31. The average Bonchev–Trinajstić information content (AvgIpc) is 3.06. The summed E-state index contributed by atoms with van der Waals surface area (Å²) in [5.41, 5.74) is 2.11. The molecule has 0 saturated carbocycles. The Morgan fingerprint density at radius 1 is 1.05 bits per heavy atom. The van der Waals surface area contributed by atoms with Gasteiger partial charge in [-0.25, -0.2) is 0 Å². The van der Waals surface area contributed by atoms with E-state index >= 15 is 0 Å². The van der Waals surface area contributed by atoms with Crippen LogP contribution in [0.25, 0.3) is 6.08 Å². The maximum Gasteiger partial charge on any atom is 0.232 e. The normalized spacial score (nSPS) is 14.4. The minimum Gasteiger partial charge on any atom is -0.294 e. The molecule has 0 aliphatic carbocycles. The van der Waals surface area contributed by atoms with Gasteiger partial charge >= 0.3 is 0 Å².